The summed E-state index contributed by atoms with van der Waals surface area (Å²) in [6.45, 7) is 5.04. The minimum absolute atomic E-state index is 0.240. The van der Waals surface area contributed by atoms with Crippen LogP contribution in [-0.4, -0.2) is 29.3 Å². The lowest BCUT2D eigenvalue weighted by molar-refractivity contribution is 0.247. The number of ether oxygens (including phenoxy) is 2. The summed E-state index contributed by atoms with van der Waals surface area (Å²) < 4.78 is 16.7. The van der Waals surface area contributed by atoms with Crippen molar-refractivity contribution in [3.8, 4) is 11.5 Å². The first-order valence-electron chi connectivity index (χ1n) is 10.4. The number of anilines is 1. The number of aryl methyl sites for hydroxylation is 2. The average Bonchev–Trinajstić information content (AvgIpc) is 3.50. The van der Waals surface area contributed by atoms with Crippen molar-refractivity contribution in [3.05, 3.63) is 65.3 Å². The molecule has 0 unspecified atom stereocenters. The Hall–Kier alpha value is -3.55. The number of benzene rings is 2. The molecule has 0 aliphatic heterocycles. The second-order valence-corrected chi connectivity index (χ2v) is 7.59. The molecule has 2 aromatic carbocycles. The van der Waals surface area contributed by atoms with Crippen molar-refractivity contribution in [1.29, 1.82) is 0 Å². The van der Waals surface area contributed by atoms with Gasteiger partial charge in [0.15, 0.2) is 6.61 Å². The number of amides is 2. The molecule has 4 rings (SSSR count). The molecular formula is C23H26N4O4. The summed E-state index contributed by atoms with van der Waals surface area (Å²) in [4.78, 5) is 16.4. The maximum Gasteiger partial charge on any atom is 0.319 e. The number of aromatic nitrogens is 2. The zero-order valence-electron chi connectivity index (χ0n) is 17.7. The number of nitrogens with one attached hydrogen (secondary N) is 2. The molecular weight excluding hydrogens is 396 g/mol. The first-order chi connectivity index (χ1) is 15.1. The zero-order valence-corrected chi connectivity index (χ0v) is 17.7. The molecule has 1 saturated carbocycles. The number of carbonyl (C=O) groups is 1. The summed E-state index contributed by atoms with van der Waals surface area (Å²) in [7, 11) is 0. The van der Waals surface area contributed by atoms with Crippen molar-refractivity contribution in [1.82, 2.24) is 15.5 Å². The van der Waals surface area contributed by atoms with Gasteiger partial charge >= 0.3 is 6.03 Å². The van der Waals surface area contributed by atoms with Gasteiger partial charge in [-0.15, -0.1) is 0 Å². The molecule has 1 fully saturated rings. The van der Waals surface area contributed by atoms with E-state index < -0.39 is 0 Å². The fourth-order valence-electron chi connectivity index (χ4n) is 3.12. The molecule has 3 aromatic rings. The third-order valence-electron chi connectivity index (χ3n) is 4.93. The largest absolute Gasteiger partial charge is 0.491 e. The van der Waals surface area contributed by atoms with Crippen LogP contribution in [0.25, 0.3) is 0 Å². The molecule has 0 saturated heterocycles. The number of para-hydroxylation sites is 1. The Morgan fingerprint density at radius 2 is 1.84 bits per heavy atom. The minimum Gasteiger partial charge on any atom is -0.491 e. The van der Waals surface area contributed by atoms with E-state index in [-0.39, 0.29) is 12.6 Å². The monoisotopic (exact) mass is 422 g/mol. The van der Waals surface area contributed by atoms with Gasteiger partial charge in [-0.25, -0.2) is 4.79 Å². The molecule has 1 heterocycles. The van der Waals surface area contributed by atoms with E-state index in [2.05, 4.69) is 20.8 Å². The third-order valence-corrected chi connectivity index (χ3v) is 4.93. The number of hydrogen-bond acceptors (Lipinski definition) is 6. The van der Waals surface area contributed by atoms with E-state index in [1.165, 1.54) is 0 Å². The lowest BCUT2D eigenvalue weighted by Gasteiger charge is -2.13. The molecule has 0 spiro atoms. The van der Waals surface area contributed by atoms with Crippen LogP contribution in [-0.2, 0) is 6.61 Å². The van der Waals surface area contributed by atoms with E-state index in [1.54, 1.807) is 24.3 Å². The van der Waals surface area contributed by atoms with Crippen molar-refractivity contribution in [2.24, 2.45) is 0 Å². The predicted octanol–water partition coefficient (Wildman–Crippen LogP) is 4.34. The van der Waals surface area contributed by atoms with E-state index in [9.17, 15) is 4.79 Å². The van der Waals surface area contributed by atoms with Crippen LogP contribution in [0.15, 0.2) is 47.0 Å². The number of urea groups is 1. The Morgan fingerprint density at radius 3 is 2.55 bits per heavy atom. The van der Waals surface area contributed by atoms with Gasteiger partial charge in [0, 0.05) is 11.6 Å². The maximum atomic E-state index is 12.1. The maximum absolute atomic E-state index is 12.1. The van der Waals surface area contributed by atoms with Gasteiger partial charge in [-0.1, -0.05) is 23.4 Å². The molecule has 31 heavy (non-hydrogen) atoms. The topological polar surface area (TPSA) is 98.5 Å². The van der Waals surface area contributed by atoms with Gasteiger partial charge in [-0.05, 0) is 62.1 Å². The van der Waals surface area contributed by atoms with Gasteiger partial charge in [0.2, 0.25) is 11.7 Å². The van der Waals surface area contributed by atoms with E-state index in [0.717, 1.165) is 29.7 Å². The Kier molecular flexibility index (Phi) is 6.35. The highest BCUT2D eigenvalue weighted by molar-refractivity contribution is 5.89. The summed E-state index contributed by atoms with van der Waals surface area (Å²) >= 11 is 0. The third kappa shape index (κ3) is 5.75. The fraction of sp³-hybridized carbons (Fsp3) is 0.348. The number of carbonyl (C=O) groups excluding carboxylic acids is 1. The summed E-state index contributed by atoms with van der Waals surface area (Å²) in [6, 6.07) is 12.8. The molecule has 0 bridgehead atoms. The first-order valence-corrected chi connectivity index (χ1v) is 10.4. The molecule has 1 aliphatic rings. The van der Waals surface area contributed by atoms with Crippen LogP contribution in [0.3, 0.4) is 0 Å². The second-order valence-electron chi connectivity index (χ2n) is 7.59. The average molecular weight is 422 g/mol. The Bertz CT molecular complexity index is 1010. The minimum atomic E-state index is -0.293. The predicted molar refractivity (Wildman–Crippen MR) is 115 cm³/mol. The smallest absolute Gasteiger partial charge is 0.319 e. The Balaban J connectivity index is 1.17. The van der Waals surface area contributed by atoms with Crippen LogP contribution >= 0.6 is 0 Å². The molecule has 0 radical (unpaired) electrons. The van der Waals surface area contributed by atoms with Gasteiger partial charge < -0.3 is 24.6 Å². The summed E-state index contributed by atoms with van der Waals surface area (Å²) in [6.07, 6.45) is 2.23. The number of hydrogen-bond donors (Lipinski definition) is 2. The standard InChI is InChI=1S/C23H26N4O4/c1-15-4-3-5-16(2)21(15)29-13-12-24-23(28)25-18-8-10-19(11-9-18)30-14-20-26-22(31-27-20)17-6-7-17/h3-5,8-11,17H,6-7,12-14H2,1-2H3,(H2,24,25,28). The highest BCUT2D eigenvalue weighted by Gasteiger charge is 2.29. The van der Waals surface area contributed by atoms with Crippen molar-refractivity contribution < 1.29 is 18.8 Å². The van der Waals surface area contributed by atoms with Crippen LogP contribution in [0.1, 0.15) is 41.6 Å². The number of nitrogens with zero attached hydrogens (tertiary/aromatic N) is 2. The first kappa shape index (κ1) is 20.7. The van der Waals surface area contributed by atoms with E-state index in [4.69, 9.17) is 14.0 Å². The van der Waals surface area contributed by atoms with Crippen LogP contribution in [0.5, 0.6) is 11.5 Å². The molecule has 162 valence electrons. The van der Waals surface area contributed by atoms with Crippen molar-refractivity contribution >= 4 is 11.7 Å². The summed E-state index contributed by atoms with van der Waals surface area (Å²) in [5.74, 6) is 3.18. The molecule has 8 nitrogen and oxygen atoms in total. The van der Waals surface area contributed by atoms with Crippen LogP contribution in [0, 0.1) is 13.8 Å². The normalized spacial score (nSPS) is 13.0. The lowest BCUT2D eigenvalue weighted by Crippen LogP contribution is -2.32. The lowest BCUT2D eigenvalue weighted by atomic mass is 10.1. The molecule has 2 amide bonds. The van der Waals surface area contributed by atoms with Gasteiger partial charge in [-0.3, -0.25) is 0 Å². The highest BCUT2D eigenvalue weighted by Crippen LogP contribution is 2.38. The zero-order chi connectivity index (χ0) is 21.6. The van der Waals surface area contributed by atoms with Gasteiger partial charge in [-0.2, -0.15) is 4.98 Å². The van der Waals surface area contributed by atoms with Crippen molar-refractivity contribution in [3.63, 3.8) is 0 Å². The molecule has 1 aliphatic carbocycles. The molecule has 2 N–H and O–H groups in total. The highest BCUT2D eigenvalue weighted by atomic mass is 16.5. The Labute approximate surface area is 180 Å². The molecule has 8 heteroatoms. The quantitative estimate of drug-likeness (QED) is 0.498. The van der Waals surface area contributed by atoms with E-state index in [1.807, 2.05) is 32.0 Å². The van der Waals surface area contributed by atoms with Crippen molar-refractivity contribution in [2.45, 2.75) is 39.2 Å². The van der Waals surface area contributed by atoms with Crippen LogP contribution < -0.4 is 20.1 Å². The van der Waals surface area contributed by atoms with Gasteiger partial charge in [0.1, 0.15) is 18.1 Å². The second kappa shape index (κ2) is 9.51. The molecule has 0 atom stereocenters. The Morgan fingerprint density at radius 1 is 1.10 bits per heavy atom. The number of rotatable bonds is 9. The molecule has 1 aromatic heterocycles. The SMILES string of the molecule is Cc1cccc(C)c1OCCNC(=O)Nc1ccc(OCc2noc(C3CC3)n2)cc1. The van der Waals surface area contributed by atoms with Crippen LogP contribution in [0.4, 0.5) is 10.5 Å². The fourth-order valence-corrected chi connectivity index (χ4v) is 3.12. The van der Waals surface area contributed by atoms with E-state index in [0.29, 0.717) is 42.2 Å². The van der Waals surface area contributed by atoms with Gasteiger partial charge in [0.05, 0.1) is 6.54 Å². The summed E-state index contributed by atoms with van der Waals surface area (Å²) in [5.41, 5.74) is 2.82. The summed E-state index contributed by atoms with van der Waals surface area (Å²) in [5, 5.41) is 9.50. The van der Waals surface area contributed by atoms with Crippen LogP contribution in [0.2, 0.25) is 0 Å². The van der Waals surface area contributed by atoms with Gasteiger partial charge in [0.25, 0.3) is 0 Å². The van der Waals surface area contributed by atoms with E-state index >= 15 is 0 Å². The van der Waals surface area contributed by atoms with Crippen molar-refractivity contribution in [2.75, 3.05) is 18.5 Å².